The van der Waals surface area contributed by atoms with Gasteiger partial charge < -0.3 is 15.2 Å². The average Bonchev–Trinajstić information content (AvgIpc) is 2.93. The minimum Gasteiger partial charge on any atom is -0.494 e. The summed E-state index contributed by atoms with van der Waals surface area (Å²) in [6.07, 6.45) is 4.71. The first-order chi connectivity index (χ1) is 10.5. The molecule has 0 spiro atoms. The van der Waals surface area contributed by atoms with Gasteiger partial charge in [-0.3, -0.25) is 9.59 Å². The van der Waals surface area contributed by atoms with Gasteiger partial charge in [-0.2, -0.15) is 0 Å². The van der Waals surface area contributed by atoms with Crippen LogP contribution in [0.15, 0.2) is 24.3 Å². The van der Waals surface area contributed by atoms with Crippen LogP contribution in [-0.4, -0.2) is 23.6 Å². The molecule has 0 bridgehead atoms. The Hall–Kier alpha value is -2.04. The fraction of sp³-hybridized carbons (Fsp3) is 0.529. The van der Waals surface area contributed by atoms with Crippen LogP contribution in [0.1, 0.15) is 45.4 Å². The maximum Gasteiger partial charge on any atom is 0.303 e. The topological polar surface area (TPSA) is 75.6 Å². The molecule has 5 nitrogen and oxygen atoms in total. The number of ether oxygens (including phenoxy) is 1. The van der Waals surface area contributed by atoms with Gasteiger partial charge in [0.2, 0.25) is 5.91 Å². The molecule has 1 aromatic carbocycles. The van der Waals surface area contributed by atoms with Crippen molar-refractivity contribution in [1.29, 1.82) is 0 Å². The molecule has 22 heavy (non-hydrogen) atoms. The fourth-order valence-corrected chi connectivity index (χ4v) is 2.71. The van der Waals surface area contributed by atoms with Gasteiger partial charge in [0.05, 0.1) is 6.61 Å². The summed E-state index contributed by atoms with van der Waals surface area (Å²) in [5.74, 6) is -0.0577. The minimum atomic E-state index is -0.818. The van der Waals surface area contributed by atoms with Gasteiger partial charge >= 0.3 is 5.97 Å². The molecule has 0 unspecified atom stereocenters. The van der Waals surface area contributed by atoms with Crippen molar-refractivity contribution in [2.75, 3.05) is 11.9 Å². The van der Waals surface area contributed by atoms with Gasteiger partial charge in [0.25, 0.3) is 0 Å². The number of amides is 1. The number of hydrogen-bond acceptors (Lipinski definition) is 3. The highest BCUT2D eigenvalue weighted by molar-refractivity contribution is 5.95. The number of anilines is 1. The largest absolute Gasteiger partial charge is 0.494 e. The third kappa shape index (κ3) is 4.48. The van der Waals surface area contributed by atoms with Crippen LogP contribution in [0.25, 0.3) is 0 Å². The van der Waals surface area contributed by atoms with Crippen LogP contribution < -0.4 is 10.1 Å². The predicted octanol–water partition coefficient (Wildman–Crippen LogP) is 3.45. The van der Waals surface area contributed by atoms with Crippen LogP contribution in [0.5, 0.6) is 5.75 Å². The second-order valence-electron chi connectivity index (χ2n) is 6.09. The van der Waals surface area contributed by atoms with Gasteiger partial charge in [0, 0.05) is 17.5 Å². The number of rotatable bonds is 7. The number of carbonyl (C=O) groups excluding carboxylic acids is 1. The van der Waals surface area contributed by atoms with Crippen molar-refractivity contribution in [2.24, 2.45) is 5.41 Å². The van der Waals surface area contributed by atoms with Gasteiger partial charge in [0.1, 0.15) is 5.75 Å². The molecule has 120 valence electrons. The van der Waals surface area contributed by atoms with E-state index in [-0.39, 0.29) is 17.7 Å². The number of benzene rings is 1. The molecule has 1 aliphatic carbocycles. The Morgan fingerprint density at radius 2 is 1.86 bits per heavy atom. The standard InChI is InChI=1S/C17H23NO4/c1-17(10-2-3-11-17)16(21)18-13-6-8-14(9-7-13)22-12-4-5-15(19)20/h6-9H,2-5,10-12H2,1H3,(H,18,21)(H,19,20). The highest BCUT2D eigenvalue weighted by Gasteiger charge is 2.36. The lowest BCUT2D eigenvalue weighted by atomic mass is 9.88. The molecule has 1 saturated carbocycles. The molecule has 1 fully saturated rings. The van der Waals surface area contributed by atoms with Crippen LogP contribution in [0.4, 0.5) is 5.69 Å². The van der Waals surface area contributed by atoms with Gasteiger partial charge in [0.15, 0.2) is 0 Å². The number of carboxylic acid groups (broad SMARTS) is 1. The fourth-order valence-electron chi connectivity index (χ4n) is 2.71. The van der Waals surface area contributed by atoms with E-state index in [2.05, 4.69) is 5.32 Å². The summed E-state index contributed by atoms with van der Waals surface area (Å²) >= 11 is 0. The summed E-state index contributed by atoms with van der Waals surface area (Å²) in [5, 5.41) is 11.5. The first-order valence-electron chi connectivity index (χ1n) is 7.76. The average molecular weight is 305 g/mol. The molecule has 0 radical (unpaired) electrons. The van der Waals surface area contributed by atoms with Crippen LogP contribution in [0.3, 0.4) is 0 Å². The summed E-state index contributed by atoms with van der Waals surface area (Å²) in [7, 11) is 0. The van der Waals surface area contributed by atoms with E-state index in [1.54, 1.807) is 12.1 Å². The Morgan fingerprint density at radius 1 is 1.23 bits per heavy atom. The van der Waals surface area contributed by atoms with Gasteiger partial charge in [-0.05, 0) is 43.5 Å². The third-order valence-corrected chi connectivity index (χ3v) is 4.17. The minimum absolute atomic E-state index is 0.0835. The molecule has 0 saturated heterocycles. The van der Waals surface area contributed by atoms with E-state index < -0.39 is 5.97 Å². The van der Waals surface area contributed by atoms with Crippen molar-refractivity contribution in [2.45, 2.75) is 45.4 Å². The van der Waals surface area contributed by atoms with E-state index in [4.69, 9.17) is 9.84 Å². The number of hydrogen-bond donors (Lipinski definition) is 2. The zero-order chi connectivity index (χ0) is 16.0. The normalized spacial score (nSPS) is 16.2. The van der Waals surface area contributed by atoms with Crippen molar-refractivity contribution in [3.8, 4) is 5.75 Å². The van der Waals surface area contributed by atoms with Crippen molar-refractivity contribution in [3.63, 3.8) is 0 Å². The molecule has 2 rings (SSSR count). The lowest BCUT2D eigenvalue weighted by Gasteiger charge is -2.22. The van der Waals surface area contributed by atoms with Gasteiger partial charge in [-0.25, -0.2) is 0 Å². The van der Waals surface area contributed by atoms with E-state index in [1.165, 1.54) is 0 Å². The predicted molar refractivity (Wildman–Crippen MR) is 84.0 cm³/mol. The first-order valence-corrected chi connectivity index (χ1v) is 7.76. The van der Waals surface area contributed by atoms with Crippen molar-refractivity contribution in [3.05, 3.63) is 24.3 Å². The molecular formula is C17H23NO4. The monoisotopic (exact) mass is 305 g/mol. The van der Waals surface area contributed by atoms with E-state index in [1.807, 2.05) is 19.1 Å². The summed E-state index contributed by atoms with van der Waals surface area (Å²) in [5.41, 5.74) is 0.516. The Balaban J connectivity index is 1.81. The van der Waals surface area contributed by atoms with Crippen molar-refractivity contribution < 1.29 is 19.4 Å². The van der Waals surface area contributed by atoms with Gasteiger partial charge in [-0.1, -0.05) is 19.8 Å². The smallest absolute Gasteiger partial charge is 0.303 e. The molecule has 0 heterocycles. The molecule has 1 amide bonds. The molecule has 2 N–H and O–H groups in total. The number of carbonyl (C=O) groups is 2. The Morgan fingerprint density at radius 3 is 2.45 bits per heavy atom. The maximum absolute atomic E-state index is 12.3. The summed E-state index contributed by atoms with van der Waals surface area (Å²) in [6.45, 7) is 2.39. The zero-order valence-electron chi connectivity index (χ0n) is 12.9. The van der Waals surface area contributed by atoms with Crippen LogP contribution in [0, 0.1) is 5.41 Å². The Kier molecular flexibility index (Phi) is 5.41. The molecule has 0 aliphatic heterocycles. The second-order valence-corrected chi connectivity index (χ2v) is 6.09. The van der Waals surface area contributed by atoms with Crippen LogP contribution in [0.2, 0.25) is 0 Å². The Bertz CT molecular complexity index is 518. The lowest BCUT2D eigenvalue weighted by Crippen LogP contribution is -2.30. The highest BCUT2D eigenvalue weighted by atomic mass is 16.5. The van der Waals surface area contributed by atoms with E-state index in [0.717, 1.165) is 31.4 Å². The molecule has 0 aromatic heterocycles. The lowest BCUT2D eigenvalue weighted by molar-refractivity contribution is -0.137. The van der Waals surface area contributed by atoms with E-state index in [0.29, 0.717) is 18.8 Å². The molecular weight excluding hydrogens is 282 g/mol. The SMILES string of the molecule is CC1(C(=O)Nc2ccc(OCCCC(=O)O)cc2)CCCC1. The molecule has 0 atom stereocenters. The van der Waals surface area contributed by atoms with Crippen LogP contribution in [-0.2, 0) is 9.59 Å². The zero-order valence-corrected chi connectivity index (χ0v) is 12.9. The van der Waals surface area contributed by atoms with Crippen molar-refractivity contribution >= 4 is 17.6 Å². The molecule has 5 heteroatoms. The molecule has 1 aliphatic rings. The maximum atomic E-state index is 12.3. The van der Waals surface area contributed by atoms with Crippen LogP contribution >= 0.6 is 0 Å². The number of carboxylic acids is 1. The third-order valence-electron chi connectivity index (χ3n) is 4.17. The summed E-state index contributed by atoms with van der Waals surface area (Å²) in [6, 6.07) is 7.19. The quantitative estimate of drug-likeness (QED) is 0.757. The number of aliphatic carboxylic acids is 1. The van der Waals surface area contributed by atoms with E-state index in [9.17, 15) is 9.59 Å². The summed E-state index contributed by atoms with van der Waals surface area (Å²) < 4.78 is 5.46. The first kappa shape index (κ1) is 16.3. The highest BCUT2D eigenvalue weighted by Crippen LogP contribution is 2.38. The van der Waals surface area contributed by atoms with E-state index >= 15 is 0 Å². The second kappa shape index (κ2) is 7.29. The van der Waals surface area contributed by atoms with Gasteiger partial charge in [-0.15, -0.1) is 0 Å². The number of nitrogens with one attached hydrogen (secondary N) is 1. The molecule has 1 aromatic rings. The van der Waals surface area contributed by atoms with Crippen molar-refractivity contribution in [1.82, 2.24) is 0 Å². The Labute approximate surface area is 130 Å². The summed E-state index contributed by atoms with van der Waals surface area (Å²) in [4.78, 5) is 22.7.